The van der Waals surface area contributed by atoms with Gasteiger partial charge < -0.3 is 19.9 Å². The molecule has 0 unspecified atom stereocenters. The molecule has 16 heavy (non-hydrogen) atoms. The van der Waals surface area contributed by atoms with E-state index in [1.165, 1.54) is 13.2 Å². The van der Waals surface area contributed by atoms with Crippen molar-refractivity contribution in [3.05, 3.63) is 16.7 Å². The summed E-state index contributed by atoms with van der Waals surface area (Å²) >= 11 is 5.96. The molecule has 0 amide bonds. The Hall–Kier alpha value is -1.62. The maximum absolute atomic E-state index is 11.0. The zero-order valence-electron chi connectivity index (χ0n) is 8.54. The van der Waals surface area contributed by atoms with Crippen LogP contribution in [0.4, 0.5) is 5.69 Å². The molecule has 86 valence electrons. The topological polar surface area (TPSA) is 67.8 Å². The molecule has 1 heterocycles. The number of hydrogen-bond donors (Lipinski definition) is 2. The SMILES string of the molecule is COc1c(C(=O)O)cc(Cl)c2c1OCCN2. The first-order valence-corrected chi connectivity index (χ1v) is 5.03. The molecular weight excluding hydrogens is 234 g/mol. The number of nitrogens with one attached hydrogen (secondary N) is 1. The number of rotatable bonds is 2. The predicted molar refractivity (Wildman–Crippen MR) is 58.9 cm³/mol. The monoisotopic (exact) mass is 243 g/mol. The fourth-order valence-corrected chi connectivity index (χ4v) is 1.86. The van der Waals surface area contributed by atoms with Crippen LogP contribution in [0.5, 0.6) is 11.5 Å². The van der Waals surface area contributed by atoms with Gasteiger partial charge in [-0.05, 0) is 6.07 Å². The number of carbonyl (C=O) groups is 1. The highest BCUT2D eigenvalue weighted by Gasteiger charge is 2.25. The molecule has 0 saturated heterocycles. The molecule has 2 rings (SSSR count). The Morgan fingerprint density at radius 3 is 3.06 bits per heavy atom. The molecule has 0 fully saturated rings. The van der Waals surface area contributed by atoms with Crippen molar-refractivity contribution in [1.29, 1.82) is 0 Å². The van der Waals surface area contributed by atoms with Gasteiger partial charge >= 0.3 is 5.97 Å². The van der Waals surface area contributed by atoms with E-state index >= 15 is 0 Å². The predicted octanol–water partition coefficient (Wildman–Crippen LogP) is 1.85. The molecule has 1 aromatic rings. The average molecular weight is 244 g/mol. The molecule has 0 spiro atoms. The lowest BCUT2D eigenvalue weighted by molar-refractivity contribution is 0.0692. The number of carboxylic acid groups (broad SMARTS) is 1. The fourth-order valence-electron chi connectivity index (χ4n) is 1.60. The van der Waals surface area contributed by atoms with E-state index in [9.17, 15) is 4.79 Å². The van der Waals surface area contributed by atoms with Gasteiger partial charge in [0.1, 0.15) is 12.2 Å². The van der Waals surface area contributed by atoms with E-state index in [0.29, 0.717) is 29.6 Å². The molecule has 1 aliphatic heterocycles. The number of carboxylic acids is 1. The number of hydrogen-bond acceptors (Lipinski definition) is 4. The third kappa shape index (κ3) is 1.63. The van der Waals surface area contributed by atoms with E-state index in [1.807, 2.05) is 0 Å². The Balaban J connectivity index is 2.66. The van der Waals surface area contributed by atoms with Gasteiger partial charge in [0, 0.05) is 6.54 Å². The minimum absolute atomic E-state index is 0.00468. The van der Waals surface area contributed by atoms with Gasteiger partial charge in [0.05, 0.1) is 17.8 Å². The fraction of sp³-hybridized carbons (Fsp3) is 0.300. The summed E-state index contributed by atoms with van der Waals surface area (Å²) in [5, 5.41) is 12.4. The van der Waals surface area contributed by atoms with Crippen molar-refractivity contribution in [2.75, 3.05) is 25.6 Å². The normalized spacial score (nSPS) is 13.4. The molecule has 0 bridgehead atoms. The number of anilines is 1. The van der Waals surface area contributed by atoms with Crippen LogP contribution in [0.1, 0.15) is 10.4 Å². The van der Waals surface area contributed by atoms with Gasteiger partial charge in [-0.25, -0.2) is 4.79 Å². The molecule has 5 nitrogen and oxygen atoms in total. The molecule has 0 radical (unpaired) electrons. The summed E-state index contributed by atoms with van der Waals surface area (Å²) in [6, 6.07) is 1.35. The van der Waals surface area contributed by atoms with Gasteiger partial charge in [-0.15, -0.1) is 0 Å². The van der Waals surface area contributed by atoms with Crippen molar-refractivity contribution in [2.24, 2.45) is 0 Å². The van der Waals surface area contributed by atoms with Crippen molar-refractivity contribution in [2.45, 2.75) is 0 Å². The first-order valence-electron chi connectivity index (χ1n) is 4.65. The van der Waals surface area contributed by atoms with E-state index in [4.69, 9.17) is 26.2 Å². The smallest absolute Gasteiger partial charge is 0.339 e. The number of aromatic carboxylic acids is 1. The molecule has 1 aliphatic rings. The third-order valence-corrected chi connectivity index (χ3v) is 2.57. The van der Waals surface area contributed by atoms with E-state index in [2.05, 4.69) is 5.32 Å². The number of benzene rings is 1. The van der Waals surface area contributed by atoms with Crippen LogP contribution in [0.2, 0.25) is 5.02 Å². The zero-order valence-corrected chi connectivity index (χ0v) is 9.30. The van der Waals surface area contributed by atoms with Crippen molar-refractivity contribution in [3.8, 4) is 11.5 Å². The highest BCUT2D eigenvalue weighted by atomic mass is 35.5. The van der Waals surface area contributed by atoms with Crippen molar-refractivity contribution in [3.63, 3.8) is 0 Å². The van der Waals surface area contributed by atoms with Crippen molar-refractivity contribution in [1.82, 2.24) is 0 Å². The Labute approximate surface area is 96.9 Å². The lowest BCUT2D eigenvalue weighted by atomic mass is 10.1. The number of ether oxygens (including phenoxy) is 2. The van der Waals surface area contributed by atoms with Gasteiger partial charge in [-0.3, -0.25) is 0 Å². The Morgan fingerprint density at radius 2 is 2.44 bits per heavy atom. The molecular formula is C10H10ClNO4. The van der Waals surface area contributed by atoms with E-state index in [1.54, 1.807) is 0 Å². The van der Waals surface area contributed by atoms with Gasteiger partial charge in [-0.1, -0.05) is 11.6 Å². The maximum Gasteiger partial charge on any atom is 0.339 e. The second-order valence-corrected chi connectivity index (χ2v) is 3.63. The van der Waals surface area contributed by atoms with E-state index < -0.39 is 5.97 Å². The number of fused-ring (bicyclic) bond motifs is 1. The molecule has 6 heteroatoms. The third-order valence-electron chi connectivity index (χ3n) is 2.27. The van der Waals surface area contributed by atoms with Crippen molar-refractivity contribution >= 4 is 23.3 Å². The quantitative estimate of drug-likeness (QED) is 0.830. The van der Waals surface area contributed by atoms with Crippen LogP contribution in [0.15, 0.2) is 6.07 Å². The van der Waals surface area contributed by atoms with Crippen LogP contribution in [-0.2, 0) is 0 Å². The van der Waals surface area contributed by atoms with Crippen LogP contribution < -0.4 is 14.8 Å². The second-order valence-electron chi connectivity index (χ2n) is 3.22. The Kier molecular flexibility index (Phi) is 2.78. The zero-order chi connectivity index (χ0) is 11.7. The summed E-state index contributed by atoms with van der Waals surface area (Å²) in [5.41, 5.74) is 0.574. The van der Waals surface area contributed by atoms with Crippen molar-refractivity contribution < 1.29 is 19.4 Å². The summed E-state index contributed by atoms with van der Waals surface area (Å²) in [6.07, 6.45) is 0. The van der Waals surface area contributed by atoms with E-state index in [-0.39, 0.29) is 11.3 Å². The lowest BCUT2D eigenvalue weighted by Crippen LogP contribution is -2.20. The van der Waals surface area contributed by atoms with Crippen LogP contribution in [0, 0.1) is 0 Å². The van der Waals surface area contributed by atoms with Crippen LogP contribution in [0.3, 0.4) is 0 Å². The maximum atomic E-state index is 11.0. The average Bonchev–Trinajstić information content (AvgIpc) is 2.29. The van der Waals surface area contributed by atoms with Crippen LogP contribution in [0.25, 0.3) is 0 Å². The van der Waals surface area contributed by atoms with Gasteiger partial charge in [0.25, 0.3) is 0 Å². The number of methoxy groups -OCH3 is 1. The summed E-state index contributed by atoms with van der Waals surface area (Å²) < 4.78 is 10.4. The second kappa shape index (κ2) is 4.09. The van der Waals surface area contributed by atoms with Crippen LogP contribution >= 0.6 is 11.6 Å². The molecule has 0 aliphatic carbocycles. The molecule has 0 saturated carbocycles. The minimum Gasteiger partial charge on any atom is -0.492 e. The Bertz CT molecular complexity index is 447. The van der Waals surface area contributed by atoms with Crippen LogP contribution in [-0.4, -0.2) is 31.3 Å². The Morgan fingerprint density at radius 1 is 1.69 bits per heavy atom. The molecule has 1 aromatic carbocycles. The van der Waals surface area contributed by atoms with Gasteiger partial charge in [0.15, 0.2) is 11.5 Å². The lowest BCUT2D eigenvalue weighted by Gasteiger charge is -2.23. The first-order chi connectivity index (χ1) is 7.65. The number of halogens is 1. The molecule has 2 N–H and O–H groups in total. The van der Waals surface area contributed by atoms with E-state index in [0.717, 1.165) is 0 Å². The summed E-state index contributed by atoms with van der Waals surface area (Å²) in [5.74, 6) is -0.548. The summed E-state index contributed by atoms with van der Waals surface area (Å²) in [7, 11) is 1.40. The highest BCUT2D eigenvalue weighted by molar-refractivity contribution is 6.34. The van der Waals surface area contributed by atoms with Gasteiger partial charge in [0.2, 0.25) is 0 Å². The largest absolute Gasteiger partial charge is 0.492 e. The summed E-state index contributed by atoms with van der Waals surface area (Å²) in [4.78, 5) is 11.0. The standard InChI is InChI=1S/C10H10ClNO4/c1-15-8-5(10(13)14)4-6(11)7-9(8)16-3-2-12-7/h4,12H,2-3H2,1H3,(H,13,14). The minimum atomic E-state index is -1.10. The molecule has 0 atom stereocenters. The highest BCUT2D eigenvalue weighted by Crippen LogP contribution is 2.44. The van der Waals surface area contributed by atoms with Gasteiger partial charge in [-0.2, -0.15) is 0 Å². The molecule has 0 aromatic heterocycles. The first kappa shape index (κ1) is 10.9. The summed E-state index contributed by atoms with van der Waals surface area (Å²) in [6.45, 7) is 1.07.